The van der Waals surface area contributed by atoms with Crippen molar-refractivity contribution in [3.05, 3.63) is 20.0 Å². The van der Waals surface area contributed by atoms with E-state index in [0.29, 0.717) is 12.8 Å². The molecule has 1 aliphatic rings. The topological polar surface area (TPSA) is 155 Å². The number of esters is 1. The molecule has 1 fully saturated rings. The summed E-state index contributed by atoms with van der Waals surface area (Å²) in [6.07, 6.45) is 2.86. The summed E-state index contributed by atoms with van der Waals surface area (Å²) in [5.74, 6) is -0.586. The first-order chi connectivity index (χ1) is 12.9. The molecule has 2 unspecified atom stereocenters. The predicted octanol–water partition coefficient (Wildman–Crippen LogP) is 0.714. The van der Waals surface area contributed by atoms with Crippen LogP contribution < -0.4 is 21.9 Å². The number of unbranched alkanes of at least 4 members (excludes halogenated alkanes) is 1. The number of nitrogens with one attached hydrogen (secondary N) is 1. The smallest absolute Gasteiger partial charge is 0.319 e. The van der Waals surface area contributed by atoms with Gasteiger partial charge in [-0.1, -0.05) is 38.0 Å². The number of rotatable bonds is 5. The van der Waals surface area contributed by atoms with Gasteiger partial charge in [0.2, 0.25) is 5.95 Å². The predicted molar refractivity (Wildman–Crippen MR) is 103 cm³/mol. The van der Waals surface area contributed by atoms with E-state index in [1.807, 2.05) is 0 Å². The molecule has 0 spiro atoms. The molecule has 0 radical (unpaired) electrons. The molecular weight excluding hydrogens is 374 g/mol. The van der Waals surface area contributed by atoms with E-state index in [2.05, 4.69) is 23.8 Å². The summed E-state index contributed by atoms with van der Waals surface area (Å²) in [6.45, 7) is 4.23. The number of carbonyl (C=O) groups excluding carboxylic acids is 1. The van der Waals surface area contributed by atoms with Gasteiger partial charge in [0.15, 0.2) is 5.65 Å². The summed E-state index contributed by atoms with van der Waals surface area (Å²) in [4.78, 5) is 41.1. The Hall–Kier alpha value is -2.24. The maximum Gasteiger partial charge on any atom is 0.319 e. The lowest BCUT2D eigenvalue weighted by Gasteiger charge is -2.14. The molecule has 1 saturated heterocycles. The quantitative estimate of drug-likeness (QED) is 0.621. The molecule has 5 N–H and O–H groups in total. The van der Waals surface area contributed by atoms with Crippen molar-refractivity contribution in [2.45, 2.75) is 51.9 Å². The van der Waals surface area contributed by atoms with Crippen LogP contribution in [0.4, 0.5) is 5.95 Å². The van der Waals surface area contributed by atoms with Crippen molar-refractivity contribution in [3.8, 4) is 0 Å². The van der Waals surface area contributed by atoms with Crippen molar-refractivity contribution in [2.24, 2.45) is 5.73 Å². The van der Waals surface area contributed by atoms with Gasteiger partial charge < -0.3 is 20.9 Å². The van der Waals surface area contributed by atoms with Crippen molar-refractivity contribution < 1.29 is 14.3 Å². The second kappa shape index (κ2) is 9.62. The number of fused-ring (bicyclic) bond motifs is 1. The van der Waals surface area contributed by atoms with Crippen LogP contribution in [0, 0.1) is 0 Å². The van der Waals surface area contributed by atoms with Crippen molar-refractivity contribution in [1.82, 2.24) is 14.5 Å². The molecular formula is C16H25N5O5S. The fourth-order valence-corrected chi connectivity index (χ4v) is 3.30. The van der Waals surface area contributed by atoms with Gasteiger partial charge in [-0.2, -0.15) is 4.98 Å². The number of carbonyl (C=O) groups is 1. The highest BCUT2D eigenvalue weighted by atomic mass is 32.1. The lowest BCUT2D eigenvalue weighted by Crippen LogP contribution is -2.25. The number of nitrogens with two attached hydrogens (primary N) is 2. The fourth-order valence-electron chi connectivity index (χ4n) is 2.44. The number of ether oxygens (including phenoxy) is 2. The molecule has 0 aromatic carbocycles. The van der Waals surface area contributed by atoms with E-state index < -0.39 is 17.8 Å². The van der Waals surface area contributed by atoms with E-state index >= 15 is 0 Å². The van der Waals surface area contributed by atoms with Crippen molar-refractivity contribution in [2.75, 3.05) is 18.9 Å². The van der Waals surface area contributed by atoms with E-state index in [0.717, 1.165) is 11.3 Å². The summed E-state index contributed by atoms with van der Waals surface area (Å²) >= 11 is 0.788. The van der Waals surface area contributed by atoms with Gasteiger partial charge in [0.05, 0.1) is 12.6 Å². The monoisotopic (exact) mass is 399 g/mol. The number of nitrogens with zero attached hydrogens (tertiary/aromatic N) is 2. The fraction of sp³-hybridized carbons (Fsp3) is 0.625. The Labute approximate surface area is 159 Å². The Morgan fingerprint density at radius 1 is 1.37 bits per heavy atom. The van der Waals surface area contributed by atoms with Gasteiger partial charge in [-0.25, -0.2) is 0 Å². The number of aromatic nitrogens is 3. The maximum absolute atomic E-state index is 12.2. The summed E-state index contributed by atoms with van der Waals surface area (Å²) in [7, 11) is 0. The van der Waals surface area contributed by atoms with Crippen LogP contribution in [0.3, 0.4) is 0 Å². The van der Waals surface area contributed by atoms with E-state index in [4.69, 9.17) is 20.9 Å². The molecule has 0 bridgehead atoms. The number of H-pyrrole nitrogens is 1. The first kappa shape index (κ1) is 21.1. The van der Waals surface area contributed by atoms with E-state index in [-0.39, 0.29) is 40.4 Å². The average molecular weight is 399 g/mol. The van der Waals surface area contributed by atoms with Gasteiger partial charge >= 0.3 is 10.8 Å². The van der Waals surface area contributed by atoms with Crippen molar-refractivity contribution in [1.29, 1.82) is 0 Å². The number of aromatic amines is 1. The molecule has 3 rings (SSSR count). The Morgan fingerprint density at radius 2 is 2.07 bits per heavy atom. The number of anilines is 1. The van der Waals surface area contributed by atoms with Crippen molar-refractivity contribution in [3.63, 3.8) is 0 Å². The zero-order valence-corrected chi connectivity index (χ0v) is 16.2. The first-order valence-corrected chi connectivity index (χ1v) is 9.64. The van der Waals surface area contributed by atoms with Crippen LogP contribution in [-0.4, -0.2) is 39.8 Å². The van der Waals surface area contributed by atoms with Crippen LogP contribution in [-0.2, 0) is 14.3 Å². The highest BCUT2D eigenvalue weighted by molar-refractivity contribution is 7.16. The molecule has 2 aromatic rings. The zero-order valence-electron chi connectivity index (χ0n) is 15.4. The Bertz CT molecular complexity index is 887. The Kier molecular flexibility index (Phi) is 7.51. The molecule has 0 saturated carbocycles. The minimum Gasteiger partial charge on any atom is -0.462 e. The molecule has 3 heterocycles. The van der Waals surface area contributed by atoms with Gasteiger partial charge in [-0.05, 0) is 12.8 Å². The van der Waals surface area contributed by atoms with Crippen molar-refractivity contribution >= 4 is 33.6 Å². The van der Waals surface area contributed by atoms with Crippen LogP contribution in [0.25, 0.3) is 10.3 Å². The highest BCUT2D eigenvalue weighted by Crippen LogP contribution is 2.30. The van der Waals surface area contributed by atoms with Crippen LogP contribution in [0.2, 0.25) is 0 Å². The van der Waals surface area contributed by atoms with Gasteiger partial charge in [0.1, 0.15) is 17.5 Å². The standard InChI is InChI=1S/C12H15N5O5S.C4H10/c13-3-7(18)21-4-5-1-2-6(22-5)17-9-8(23-12(17)20)10(19)16-11(14)15-9;1-3-4-2/h5-6H,1-4,13H2,(H3,14,15,16,19);3-4H2,1-2H3. The Morgan fingerprint density at radius 3 is 2.70 bits per heavy atom. The molecule has 27 heavy (non-hydrogen) atoms. The van der Waals surface area contributed by atoms with Gasteiger partial charge in [0, 0.05) is 0 Å². The first-order valence-electron chi connectivity index (χ1n) is 8.83. The molecule has 10 nitrogen and oxygen atoms in total. The molecule has 0 aliphatic carbocycles. The van der Waals surface area contributed by atoms with Crippen LogP contribution >= 0.6 is 11.3 Å². The maximum atomic E-state index is 12.2. The zero-order chi connectivity index (χ0) is 20.0. The second-order valence-corrected chi connectivity index (χ2v) is 6.98. The normalized spacial score (nSPS) is 18.9. The molecule has 150 valence electrons. The third-order valence-electron chi connectivity index (χ3n) is 3.96. The van der Waals surface area contributed by atoms with Gasteiger partial charge in [-0.15, -0.1) is 0 Å². The SMILES string of the molecule is CCCC.NCC(=O)OCC1CCC(n2c(=O)sc3c(=O)[nH]c(N)nc32)O1. The minimum atomic E-state index is -0.577. The van der Waals surface area contributed by atoms with Gasteiger partial charge in [-0.3, -0.25) is 23.9 Å². The van der Waals surface area contributed by atoms with Gasteiger partial charge in [0.25, 0.3) is 5.56 Å². The number of thiazole rings is 1. The van der Waals surface area contributed by atoms with Crippen LogP contribution in [0.5, 0.6) is 0 Å². The lowest BCUT2D eigenvalue weighted by molar-refractivity contribution is -0.146. The lowest BCUT2D eigenvalue weighted by atomic mass is 10.2. The van der Waals surface area contributed by atoms with Crippen LogP contribution in [0.15, 0.2) is 9.59 Å². The molecule has 1 aliphatic heterocycles. The van der Waals surface area contributed by atoms with E-state index in [1.54, 1.807) is 0 Å². The second-order valence-electron chi connectivity index (χ2n) is 6.02. The third-order valence-corrected chi connectivity index (χ3v) is 4.90. The molecule has 2 atom stereocenters. The van der Waals surface area contributed by atoms with Crippen LogP contribution in [0.1, 0.15) is 45.8 Å². The summed E-state index contributed by atoms with van der Waals surface area (Å²) in [5.41, 5.74) is 10.4. The molecule has 2 aromatic heterocycles. The summed E-state index contributed by atoms with van der Waals surface area (Å²) < 4.78 is 12.2. The number of hydrogen-bond donors (Lipinski definition) is 3. The third kappa shape index (κ3) is 5.15. The van der Waals surface area contributed by atoms with E-state index in [1.165, 1.54) is 17.4 Å². The van der Waals surface area contributed by atoms with E-state index in [9.17, 15) is 14.4 Å². The molecule has 0 amide bonds. The number of hydrogen-bond acceptors (Lipinski definition) is 9. The number of nitrogen functional groups attached to an aromatic ring is 1. The molecule has 11 heteroatoms. The Balaban J connectivity index is 0.000000596. The average Bonchev–Trinajstić information content (AvgIpc) is 3.23. The summed E-state index contributed by atoms with van der Waals surface area (Å²) in [5, 5.41) is 0. The highest BCUT2D eigenvalue weighted by Gasteiger charge is 2.30. The minimum absolute atomic E-state index is 0.0690. The summed E-state index contributed by atoms with van der Waals surface area (Å²) in [6, 6.07) is 0. The largest absolute Gasteiger partial charge is 0.462 e.